The summed E-state index contributed by atoms with van der Waals surface area (Å²) in [6.45, 7) is 4.72. The van der Waals surface area contributed by atoms with Gasteiger partial charge in [0.05, 0.1) is 12.8 Å². The second-order valence-corrected chi connectivity index (χ2v) is 5.60. The van der Waals surface area contributed by atoms with E-state index >= 15 is 0 Å². The minimum absolute atomic E-state index is 0.0676. The number of ether oxygens (including phenoxy) is 1. The number of methoxy groups -OCH3 is 1. The number of Topliss-reactive ketones (excluding diaryl/α,β-unsaturated/α-hetero) is 1. The number of benzene rings is 1. The van der Waals surface area contributed by atoms with Crippen molar-refractivity contribution in [3.05, 3.63) is 45.7 Å². The SMILES string of the molecule is CCc1cc(C(=O)Cc2cc(OC)ccc2Br)n(CC)n1. The largest absolute Gasteiger partial charge is 0.497 e. The van der Waals surface area contributed by atoms with Crippen LogP contribution in [0.3, 0.4) is 0 Å². The Hall–Kier alpha value is -1.62. The van der Waals surface area contributed by atoms with Gasteiger partial charge in [-0.15, -0.1) is 0 Å². The molecule has 112 valence electrons. The first-order chi connectivity index (χ1) is 10.1. The van der Waals surface area contributed by atoms with Gasteiger partial charge in [-0.1, -0.05) is 22.9 Å². The summed E-state index contributed by atoms with van der Waals surface area (Å²) in [5.41, 5.74) is 2.54. The van der Waals surface area contributed by atoms with Crippen LogP contribution in [0.15, 0.2) is 28.7 Å². The average molecular weight is 351 g/mol. The number of hydrogen-bond donors (Lipinski definition) is 0. The summed E-state index contributed by atoms with van der Waals surface area (Å²) >= 11 is 3.48. The first-order valence-electron chi connectivity index (χ1n) is 7.01. The molecule has 0 aliphatic rings. The highest BCUT2D eigenvalue weighted by molar-refractivity contribution is 9.10. The van der Waals surface area contributed by atoms with Crippen molar-refractivity contribution >= 4 is 21.7 Å². The fraction of sp³-hybridized carbons (Fsp3) is 0.375. The van der Waals surface area contributed by atoms with Crippen LogP contribution in [0.1, 0.15) is 35.6 Å². The van der Waals surface area contributed by atoms with Gasteiger partial charge < -0.3 is 4.74 Å². The van der Waals surface area contributed by atoms with E-state index in [0.29, 0.717) is 18.7 Å². The number of rotatable bonds is 6. The van der Waals surface area contributed by atoms with Crippen molar-refractivity contribution in [1.29, 1.82) is 0 Å². The minimum atomic E-state index is 0.0676. The van der Waals surface area contributed by atoms with Crippen molar-refractivity contribution in [3.8, 4) is 5.75 Å². The molecule has 0 fully saturated rings. The van der Waals surface area contributed by atoms with E-state index in [0.717, 1.165) is 27.9 Å². The quantitative estimate of drug-likeness (QED) is 0.746. The van der Waals surface area contributed by atoms with E-state index in [2.05, 4.69) is 21.0 Å². The Morgan fingerprint density at radius 2 is 2.10 bits per heavy atom. The Morgan fingerprint density at radius 1 is 1.33 bits per heavy atom. The van der Waals surface area contributed by atoms with Crippen LogP contribution in [0.2, 0.25) is 0 Å². The van der Waals surface area contributed by atoms with Gasteiger partial charge in [-0.25, -0.2) is 0 Å². The van der Waals surface area contributed by atoms with Gasteiger partial charge in [0.15, 0.2) is 5.78 Å². The van der Waals surface area contributed by atoms with Crippen LogP contribution >= 0.6 is 15.9 Å². The Kier molecular flexibility index (Phi) is 5.17. The zero-order valence-electron chi connectivity index (χ0n) is 12.5. The van der Waals surface area contributed by atoms with E-state index in [1.807, 2.05) is 38.1 Å². The van der Waals surface area contributed by atoms with E-state index in [1.165, 1.54) is 0 Å². The zero-order chi connectivity index (χ0) is 15.4. The Balaban J connectivity index is 2.27. The third-order valence-electron chi connectivity index (χ3n) is 3.38. The molecule has 0 saturated carbocycles. The number of aromatic nitrogens is 2. The molecule has 0 atom stereocenters. The number of ketones is 1. The van der Waals surface area contributed by atoms with Crippen molar-refractivity contribution in [1.82, 2.24) is 9.78 Å². The predicted octanol–water partition coefficient (Wildman–Crippen LogP) is 3.66. The Bertz CT molecular complexity index is 650. The van der Waals surface area contributed by atoms with Gasteiger partial charge in [-0.3, -0.25) is 9.48 Å². The van der Waals surface area contributed by atoms with E-state index < -0.39 is 0 Å². The summed E-state index contributed by atoms with van der Waals surface area (Å²) in [6.07, 6.45) is 1.16. The first kappa shape index (κ1) is 15.8. The zero-order valence-corrected chi connectivity index (χ0v) is 14.1. The maximum atomic E-state index is 12.6. The first-order valence-corrected chi connectivity index (χ1v) is 7.80. The molecule has 5 heteroatoms. The molecule has 21 heavy (non-hydrogen) atoms. The van der Waals surface area contributed by atoms with E-state index in [4.69, 9.17) is 4.74 Å². The fourth-order valence-electron chi connectivity index (χ4n) is 2.19. The molecule has 0 unspecified atom stereocenters. The second-order valence-electron chi connectivity index (χ2n) is 4.75. The van der Waals surface area contributed by atoms with Crippen molar-refractivity contribution in [3.63, 3.8) is 0 Å². The van der Waals surface area contributed by atoms with Crippen molar-refractivity contribution in [2.75, 3.05) is 7.11 Å². The van der Waals surface area contributed by atoms with E-state index in [-0.39, 0.29) is 5.78 Å². The van der Waals surface area contributed by atoms with Crippen molar-refractivity contribution < 1.29 is 9.53 Å². The molecule has 0 N–H and O–H groups in total. The molecule has 1 aromatic carbocycles. The molecule has 0 aliphatic heterocycles. The summed E-state index contributed by atoms with van der Waals surface area (Å²) in [6, 6.07) is 7.54. The lowest BCUT2D eigenvalue weighted by molar-refractivity contribution is 0.0982. The van der Waals surface area contributed by atoms with Gasteiger partial charge in [-0.05, 0) is 43.2 Å². The molecule has 0 amide bonds. The van der Waals surface area contributed by atoms with Gasteiger partial charge >= 0.3 is 0 Å². The number of halogens is 1. The minimum Gasteiger partial charge on any atom is -0.497 e. The summed E-state index contributed by atoms with van der Waals surface area (Å²) in [4.78, 5) is 12.6. The molecule has 2 rings (SSSR count). The smallest absolute Gasteiger partial charge is 0.185 e. The number of carbonyl (C=O) groups excluding carboxylic acids is 1. The third-order valence-corrected chi connectivity index (χ3v) is 4.16. The van der Waals surface area contributed by atoms with Crippen LogP contribution in [0.5, 0.6) is 5.75 Å². The molecule has 1 aromatic heterocycles. The molecule has 0 radical (unpaired) electrons. The fourth-order valence-corrected chi connectivity index (χ4v) is 2.57. The maximum absolute atomic E-state index is 12.6. The standard InChI is InChI=1S/C16H19BrN2O2/c1-4-12-10-15(19(5-2)18-12)16(20)9-11-8-13(21-3)6-7-14(11)17/h6-8,10H,4-5,9H2,1-3H3. The highest BCUT2D eigenvalue weighted by Crippen LogP contribution is 2.24. The van der Waals surface area contributed by atoms with Crippen LogP contribution in [-0.4, -0.2) is 22.7 Å². The average Bonchev–Trinajstić information content (AvgIpc) is 2.93. The highest BCUT2D eigenvalue weighted by Gasteiger charge is 2.16. The third kappa shape index (κ3) is 3.53. The van der Waals surface area contributed by atoms with E-state index in [9.17, 15) is 4.79 Å². The van der Waals surface area contributed by atoms with Crippen LogP contribution < -0.4 is 4.74 Å². The molecule has 4 nitrogen and oxygen atoms in total. The molecule has 0 bridgehead atoms. The van der Waals surface area contributed by atoms with Crippen molar-refractivity contribution in [2.45, 2.75) is 33.2 Å². The van der Waals surface area contributed by atoms with Gasteiger partial charge in [0.2, 0.25) is 0 Å². The number of nitrogens with zero attached hydrogens (tertiary/aromatic N) is 2. The van der Waals surface area contributed by atoms with Gasteiger partial charge in [0.25, 0.3) is 0 Å². The highest BCUT2D eigenvalue weighted by atomic mass is 79.9. The van der Waals surface area contributed by atoms with Crippen molar-refractivity contribution in [2.24, 2.45) is 0 Å². The van der Waals surface area contributed by atoms with Crippen LogP contribution in [0, 0.1) is 0 Å². The summed E-state index contributed by atoms with van der Waals surface area (Å²) < 4.78 is 7.90. The van der Waals surface area contributed by atoms with Crippen LogP contribution in [0.4, 0.5) is 0 Å². The second kappa shape index (κ2) is 6.89. The number of hydrogen-bond acceptors (Lipinski definition) is 3. The molecule has 1 heterocycles. The molecule has 0 spiro atoms. The monoisotopic (exact) mass is 350 g/mol. The summed E-state index contributed by atoms with van der Waals surface area (Å²) in [5, 5.41) is 4.43. The Labute approximate surface area is 133 Å². The molecule has 0 aliphatic carbocycles. The van der Waals surface area contributed by atoms with Crippen LogP contribution in [-0.2, 0) is 19.4 Å². The van der Waals surface area contributed by atoms with Crippen LogP contribution in [0.25, 0.3) is 0 Å². The Morgan fingerprint density at radius 3 is 2.71 bits per heavy atom. The summed E-state index contributed by atoms with van der Waals surface area (Å²) in [7, 11) is 1.62. The van der Waals surface area contributed by atoms with Gasteiger partial charge in [0, 0.05) is 17.4 Å². The maximum Gasteiger partial charge on any atom is 0.185 e. The normalized spacial score (nSPS) is 10.7. The number of aryl methyl sites for hydroxylation is 2. The van der Waals surface area contributed by atoms with Gasteiger partial charge in [0.1, 0.15) is 11.4 Å². The molecular formula is C16H19BrN2O2. The van der Waals surface area contributed by atoms with E-state index in [1.54, 1.807) is 11.8 Å². The lowest BCUT2D eigenvalue weighted by Gasteiger charge is -2.08. The molecule has 2 aromatic rings. The predicted molar refractivity (Wildman–Crippen MR) is 86.0 cm³/mol. The van der Waals surface area contributed by atoms with Gasteiger partial charge in [-0.2, -0.15) is 5.10 Å². The lowest BCUT2D eigenvalue weighted by atomic mass is 10.1. The number of carbonyl (C=O) groups is 1. The molecular weight excluding hydrogens is 332 g/mol. The topological polar surface area (TPSA) is 44.1 Å². The molecule has 0 saturated heterocycles. The summed E-state index contributed by atoms with van der Waals surface area (Å²) in [5.74, 6) is 0.817. The lowest BCUT2D eigenvalue weighted by Crippen LogP contribution is -2.12.